The predicted octanol–water partition coefficient (Wildman–Crippen LogP) is 4.23. The van der Waals surface area contributed by atoms with E-state index in [0.717, 1.165) is 51.6 Å². The molecule has 9 heterocycles. The first-order valence-corrected chi connectivity index (χ1v) is 17.8. The molecule has 7 bridgehead atoms. The highest BCUT2D eigenvalue weighted by atomic mass is 35.5. The minimum Gasteiger partial charge on any atom is -0.461 e. The Hall–Kier alpha value is -2.61. The first-order valence-electron chi connectivity index (χ1n) is 17.4. The molecule has 5 unspecified atom stereocenters. The van der Waals surface area contributed by atoms with Gasteiger partial charge in [-0.25, -0.2) is 13.6 Å². The van der Waals surface area contributed by atoms with Crippen molar-refractivity contribution in [2.24, 2.45) is 17.3 Å². The molecule has 2 aromatic rings. The number of hydrogen-bond donors (Lipinski definition) is 2. The number of hydrazine groups is 1. The van der Waals surface area contributed by atoms with Gasteiger partial charge in [-0.3, -0.25) is 20.7 Å². The summed E-state index contributed by atoms with van der Waals surface area (Å²) < 4.78 is 49.4. The van der Waals surface area contributed by atoms with E-state index in [0.29, 0.717) is 55.8 Å². The van der Waals surface area contributed by atoms with Crippen LogP contribution >= 0.6 is 11.6 Å². The van der Waals surface area contributed by atoms with E-state index in [1.807, 2.05) is 0 Å². The van der Waals surface area contributed by atoms with E-state index in [1.165, 1.54) is 0 Å². The van der Waals surface area contributed by atoms with Crippen molar-refractivity contribution < 1.29 is 27.8 Å². The average Bonchev–Trinajstić information content (AvgIpc) is 3.73. The molecule has 0 radical (unpaired) electrons. The van der Waals surface area contributed by atoms with Gasteiger partial charge in [-0.2, -0.15) is 9.97 Å². The number of nitrogens with zero attached hydrogens (tertiary/aromatic N) is 5. The van der Waals surface area contributed by atoms with Crippen LogP contribution in [0.3, 0.4) is 0 Å². The third-order valence-corrected chi connectivity index (χ3v) is 12.9. The Kier molecular flexibility index (Phi) is 7.44. The molecular formula is C33H42ClF2N7O4. The van der Waals surface area contributed by atoms with Gasteiger partial charge in [0, 0.05) is 56.1 Å². The van der Waals surface area contributed by atoms with E-state index in [4.69, 9.17) is 40.8 Å². The van der Waals surface area contributed by atoms with Crippen LogP contribution in [0.4, 0.5) is 19.4 Å². The van der Waals surface area contributed by atoms with Gasteiger partial charge in [-0.1, -0.05) is 0 Å². The highest BCUT2D eigenvalue weighted by Gasteiger charge is 2.52. The molecule has 6 fully saturated rings. The molecule has 0 amide bonds. The zero-order valence-electron chi connectivity index (χ0n) is 26.4. The Balaban J connectivity index is 1.15. The molecule has 14 heteroatoms. The van der Waals surface area contributed by atoms with Gasteiger partial charge in [0.2, 0.25) is 0 Å². The van der Waals surface area contributed by atoms with Gasteiger partial charge in [0.15, 0.2) is 5.82 Å². The highest BCUT2D eigenvalue weighted by molar-refractivity contribution is 6.21. The monoisotopic (exact) mass is 673 g/mol. The van der Waals surface area contributed by atoms with Crippen molar-refractivity contribution in [3.63, 3.8) is 0 Å². The largest absolute Gasteiger partial charge is 0.508 e. The second-order valence-corrected chi connectivity index (χ2v) is 15.8. The van der Waals surface area contributed by atoms with Crippen LogP contribution in [-0.2, 0) is 9.47 Å². The molecular weight excluding hydrogens is 632 g/mol. The molecule has 254 valence electrons. The van der Waals surface area contributed by atoms with E-state index in [2.05, 4.69) is 20.7 Å². The summed E-state index contributed by atoms with van der Waals surface area (Å²) in [5.41, 5.74) is 6.64. The standard InChI is InChI=1S/C33H42ClF2N7O4/c34-23-9-24-21(14-38-41-24)25-20(23)3-8-45-31(44)47-19-11-32(12-19)4-1-6-42(16-32)29-22-13-37-28(25)26(36)27(22)39-30(40-29)46-17-33-5-2-7-43(33)15-18(35)10-33/h13,18-21,23-25,38,41H,1-12,14-17H2/t18-,19?,20?,21?,23?,24?,25?,32?,33+/m1/s1. The number of carbonyl (C=O) groups excluding carboxylic acids is 1. The first kappa shape index (κ1) is 30.4. The van der Waals surface area contributed by atoms with E-state index in [9.17, 15) is 9.18 Å². The summed E-state index contributed by atoms with van der Waals surface area (Å²) in [5, 5.41) is 0.258. The maximum absolute atomic E-state index is 17.2. The van der Waals surface area contributed by atoms with Crippen molar-refractivity contribution >= 4 is 34.5 Å². The Morgan fingerprint density at radius 2 is 2.02 bits per heavy atom. The van der Waals surface area contributed by atoms with Crippen LogP contribution in [0, 0.1) is 23.1 Å². The van der Waals surface area contributed by atoms with Gasteiger partial charge in [0.1, 0.15) is 30.2 Å². The molecule has 2 N–H and O–H groups in total. The summed E-state index contributed by atoms with van der Waals surface area (Å²) in [7, 11) is 0. The molecule has 11 rings (SSSR count). The highest BCUT2D eigenvalue weighted by Crippen LogP contribution is 2.51. The second kappa shape index (κ2) is 11.5. The number of piperidine rings is 1. The molecule has 2 saturated carbocycles. The third-order valence-electron chi connectivity index (χ3n) is 12.4. The van der Waals surface area contributed by atoms with Crippen LogP contribution in [-0.4, -0.2) is 101 Å². The van der Waals surface area contributed by atoms with Gasteiger partial charge in [0.25, 0.3) is 0 Å². The number of fused-ring (bicyclic) bond motifs is 2. The number of pyridine rings is 1. The number of alkyl halides is 2. The number of hydrogen-bond acceptors (Lipinski definition) is 11. The third kappa shape index (κ3) is 5.13. The number of anilines is 1. The van der Waals surface area contributed by atoms with Gasteiger partial charge >= 0.3 is 12.2 Å². The summed E-state index contributed by atoms with van der Waals surface area (Å²) in [4.78, 5) is 31.6. The van der Waals surface area contributed by atoms with Crippen molar-refractivity contribution in [1.82, 2.24) is 30.7 Å². The summed E-state index contributed by atoms with van der Waals surface area (Å²) in [5.74, 6) is -0.412. The van der Waals surface area contributed by atoms with Gasteiger partial charge < -0.3 is 19.1 Å². The zero-order chi connectivity index (χ0) is 31.9. The summed E-state index contributed by atoms with van der Waals surface area (Å²) in [6.07, 6.45) is 6.82. The number of halogens is 3. The smallest absolute Gasteiger partial charge is 0.461 e. The van der Waals surface area contributed by atoms with Crippen LogP contribution in [0.1, 0.15) is 69.4 Å². The molecule has 4 saturated heterocycles. The van der Waals surface area contributed by atoms with Crippen molar-refractivity contribution in [1.29, 1.82) is 0 Å². The Labute approximate surface area is 277 Å². The Morgan fingerprint density at radius 1 is 1.15 bits per heavy atom. The molecule has 2 aliphatic carbocycles. The van der Waals surface area contributed by atoms with E-state index in [-0.39, 0.29) is 71.0 Å². The van der Waals surface area contributed by atoms with E-state index in [1.54, 1.807) is 6.20 Å². The second-order valence-electron chi connectivity index (χ2n) is 15.2. The molecule has 7 atom stereocenters. The normalized spacial score (nSPS) is 39.9. The van der Waals surface area contributed by atoms with Crippen LogP contribution < -0.4 is 20.5 Å². The van der Waals surface area contributed by atoms with Crippen molar-refractivity contribution in [3.8, 4) is 6.01 Å². The number of ether oxygens (including phenoxy) is 3. The maximum Gasteiger partial charge on any atom is 0.508 e. The molecule has 1 spiro atoms. The number of rotatable bonds is 3. The fourth-order valence-corrected chi connectivity index (χ4v) is 10.7. The first-order chi connectivity index (χ1) is 22.8. The maximum atomic E-state index is 17.2. The van der Waals surface area contributed by atoms with Crippen molar-refractivity contribution in [2.45, 2.75) is 92.9 Å². The summed E-state index contributed by atoms with van der Waals surface area (Å²) in [6, 6.07) is 0.155. The predicted molar refractivity (Wildman–Crippen MR) is 169 cm³/mol. The molecule has 2 aromatic heterocycles. The van der Waals surface area contributed by atoms with Crippen molar-refractivity contribution in [2.75, 3.05) is 50.8 Å². The van der Waals surface area contributed by atoms with Gasteiger partial charge in [0.05, 0.1) is 23.2 Å². The number of carbonyl (C=O) groups is 1. The zero-order valence-corrected chi connectivity index (χ0v) is 27.2. The van der Waals surface area contributed by atoms with E-state index < -0.39 is 18.1 Å². The molecule has 9 aliphatic rings. The molecule has 7 aliphatic heterocycles. The van der Waals surface area contributed by atoms with Crippen molar-refractivity contribution in [3.05, 3.63) is 17.7 Å². The average molecular weight is 674 g/mol. The van der Waals surface area contributed by atoms with Gasteiger partial charge in [-0.15, -0.1) is 11.6 Å². The molecule has 0 aromatic carbocycles. The Morgan fingerprint density at radius 3 is 2.91 bits per heavy atom. The minimum absolute atomic E-state index is 0.0261. The number of nitrogens with one attached hydrogen (secondary N) is 2. The van der Waals surface area contributed by atoms with Gasteiger partial charge in [-0.05, 0) is 75.2 Å². The molecule has 11 nitrogen and oxygen atoms in total. The van der Waals surface area contributed by atoms with E-state index >= 15 is 4.39 Å². The number of aromatic nitrogens is 3. The fraction of sp³-hybridized carbons (Fsp3) is 0.758. The lowest BCUT2D eigenvalue weighted by molar-refractivity contribution is -0.0728. The SMILES string of the molecule is O=C1OCCC2C(Cl)CC3NNCC3C2c2ncc3c(nc(OC[C@@]45CCCN4C[C@H](F)C5)nc3c2F)N2CCCC3(CC(C3)O1)C2. The van der Waals surface area contributed by atoms with Crippen LogP contribution in [0.2, 0.25) is 0 Å². The topological polar surface area (TPSA) is 114 Å². The fourth-order valence-electron chi connectivity index (χ4n) is 10.3. The van der Waals surface area contributed by atoms with Crippen LogP contribution in [0.25, 0.3) is 10.9 Å². The summed E-state index contributed by atoms with van der Waals surface area (Å²) in [6.45, 7) is 3.73. The lowest BCUT2D eigenvalue weighted by atomic mass is 9.62. The lowest BCUT2D eigenvalue weighted by Gasteiger charge is -2.52. The molecule has 47 heavy (non-hydrogen) atoms. The van der Waals surface area contributed by atoms with Crippen LogP contribution in [0.15, 0.2) is 6.20 Å². The quantitative estimate of drug-likeness (QED) is 0.361. The lowest BCUT2D eigenvalue weighted by Crippen LogP contribution is -2.53. The Bertz CT molecular complexity index is 1570. The van der Waals surface area contributed by atoms with Crippen LogP contribution in [0.5, 0.6) is 6.01 Å². The summed E-state index contributed by atoms with van der Waals surface area (Å²) >= 11 is 7.02. The minimum atomic E-state index is -0.882.